The minimum Gasteiger partial charge on any atom is -0.433 e. The van der Waals surface area contributed by atoms with Gasteiger partial charge in [0.1, 0.15) is 11.9 Å². The molecule has 26 heavy (non-hydrogen) atoms. The summed E-state index contributed by atoms with van der Waals surface area (Å²) < 4.78 is 18.7. The van der Waals surface area contributed by atoms with Crippen molar-refractivity contribution >= 4 is 23.5 Å². The Bertz CT molecular complexity index is 914. The smallest absolute Gasteiger partial charge is 0.340 e. The number of amides is 2. The van der Waals surface area contributed by atoms with E-state index in [9.17, 15) is 18.8 Å². The molecule has 1 fully saturated rings. The molecule has 1 N–H and O–H groups in total. The summed E-state index contributed by atoms with van der Waals surface area (Å²) in [5, 5.41) is 2.62. The van der Waals surface area contributed by atoms with E-state index in [2.05, 4.69) is 5.32 Å². The minimum absolute atomic E-state index is 0.178. The maximum atomic E-state index is 13.3. The average molecular weight is 354 g/mol. The third-order valence-electron chi connectivity index (χ3n) is 4.57. The number of nitrogens with zero attached hydrogens (tertiary/aromatic N) is 1. The topological polar surface area (TPSA) is 75.7 Å². The van der Waals surface area contributed by atoms with Crippen molar-refractivity contribution in [3.05, 3.63) is 65.5 Å². The highest BCUT2D eigenvalue weighted by Gasteiger charge is 2.46. The van der Waals surface area contributed by atoms with Crippen molar-refractivity contribution in [3.63, 3.8) is 0 Å². The van der Waals surface area contributed by atoms with Gasteiger partial charge >= 0.3 is 5.97 Å². The monoisotopic (exact) mass is 354 g/mol. The Labute approximate surface area is 148 Å². The molecule has 1 saturated heterocycles. The molecular formula is C19H15FN2O4. The molecule has 0 spiro atoms. The predicted molar refractivity (Wildman–Crippen MR) is 89.5 cm³/mol. The molecule has 2 aromatic carbocycles. The van der Waals surface area contributed by atoms with E-state index in [0.717, 1.165) is 0 Å². The number of nitrogens with one attached hydrogen (secondary N) is 1. The summed E-state index contributed by atoms with van der Waals surface area (Å²) in [6.45, 7) is 0. The molecular weight excluding hydrogens is 339 g/mol. The van der Waals surface area contributed by atoms with Gasteiger partial charge in [0.25, 0.3) is 0 Å². The fourth-order valence-corrected chi connectivity index (χ4v) is 3.38. The van der Waals surface area contributed by atoms with E-state index in [1.807, 2.05) is 0 Å². The molecule has 0 aliphatic carbocycles. The van der Waals surface area contributed by atoms with Crippen LogP contribution in [0.1, 0.15) is 35.0 Å². The molecule has 6 nitrogen and oxygen atoms in total. The fourth-order valence-electron chi connectivity index (χ4n) is 3.38. The maximum Gasteiger partial charge on any atom is 0.340 e. The summed E-state index contributed by atoms with van der Waals surface area (Å²) in [5.74, 6) is -1.70. The summed E-state index contributed by atoms with van der Waals surface area (Å²) in [5.41, 5.74) is 1.26. The van der Waals surface area contributed by atoms with Crippen LogP contribution in [-0.4, -0.2) is 28.7 Å². The van der Waals surface area contributed by atoms with E-state index in [1.54, 1.807) is 30.3 Å². The van der Waals surface area contributed by atoms with Crippen molar-refractivity contribution in [2.45, 2.75) is 25.1 Å². The maximum absolute atomic E-state index is 13.3. The van der Waals surface area contributed by atoms with Crippen LogP contribution in [0.4, 0.5) is 10.1 Å². The van der Waals surface area contributed by atoms with Gasteiger partial charge < -0.3 is 10.1 Å². The lowest BCUT2D eigenvalue weighted by atomic mass is 10.1. The normalized spacial score (nSPS) is 21.5. The summed E-state index contributed by atoms with van der Waals surface area (Å²) in [4.78, 5) is 38.4. The Morgan fingerprint density at radius 3 is 2.77 bits per heavy atom. The number of carbonyl (C=O) groups excluding carboxylic acids is 3. The molecule has 2 aliphatic heterocycles. The molecule has 2 amide bonds. The average Bonchev–Trinajstić information content (AvgIpc) is 3.15. The number of anilines is 1. The van der Waals surface area contributed by atoms with Crippen LogP contribution in [0.3, 0.4) is 0 Å². The van der Waals surface area contributed by atoms with Gasteiger partial charge in [0, 0.05) is 17.7 Å². The summed E-state index contributed by atoms with van der Waals surface area (Å²) >= 11 is 0. The number of halogens is 1. The number of esters is 1. The number of benzene rings is 2. The molecule has 0 aromatic heterocycles. The molecule has 0 saturated carbocycles. The van der Waals surface area contributed by atoms with E-state index in [4.69, 9.17) is 4.74 Å². The second-order valence-electron chi connectivity index (χ2n) is 6.20. The van der Waals surface area contributed by atoms with Crippen LogP contribution in [0.5, 0.6) is 0 Å². The first-order valence-electron chi connectivity index (χ1n) is 8.22. The van der Waals surface area contributed by atoms with Crippen LogP contribution in [0.15, 0.2) is 48.5 Å². The number of likely N-dealkylation sites (tertiary alicyclic amines) is 1. The molecule has 0 radical (unpaired) electrons. The lowest BCUT2D eigenvalue weighted by Gasteiger charge is -2.29. The number of ether oxygens (including phenoxy) is 1. The van der Waals surface area contributed by atoms with Crippen LogP contribution in [0.2, 0.25) is 0 Å². The zero-order chi connectivity index (χ0) is 18.3. The van der Waals surface area contributed by atoms with Gasteiger partial charge in [-0.05, 0) is 30.7 Å². The van der Waals surface area contributed by atoms with Crippen molar-refractivity contribution in [3.8, 4) is 0 Å². The largest absolute Gasteiger partial charge is 0.433 e. The van der Waals surface area contributed by atoms with Gasteiger partial charge in [-0.3, -0.25) is 14.5 Å². The number of cyclic esters (lactones) is 1. The molecule has 0 bridgehead atoms. The fraction of sp³-hybridized carbons (Fsp3) is 0.211. The Hall–Kier alpha value is -3.22. The Morgan fingerprint density at radius 2 is 1.96 bits per heavy atom. The lowest BCUT2D eigenvalue weighted by Crippen LogP contribution is -2.43. The molecule has 4 rings (SSSR count). The molecule has 2 aliphatic rings. The Balaban J connectivity index is 1.60. The molecule has 7 heteroatoms. The third kappa shape index (κ3) is 2.71. The first-order valence-corrected chi connectivity index (χ1v) is 8.22. The molecule has 132 valence electrons. The van der Waals surface area contributed by atoms with E-state index in [0.29, 0.717) is 23.2 Å². The number of hydrogen-bond acceptors (Lipinski definition) is 4. The van der Waals surface area contributed by atoms with E-state index >= 15 is 0 Å². The number of carbonyl (C=O) groups is 3. The zero-order valence-electron chi connectivity index (χ0n) is 13.6. The highest BCUT2D eigenvalue weighted by Crippen LogP contribution is 2.38. The first kappa shape index (κ1) is 16.3. The van der Waals surface area contributed by atoms with E-state index in [-0.39, 0.29) is 12.3 Å². The van der Waals surface area contributed by atoms with Crippen molar-refractivity contribution in [1.82, 2.24) is 4.90 Å². The number of hydrogen-bond donors (Lipinski definition) is 1. The molecule has 2 atom stereocenters. The van der Waals surface area contributed by atoms with Gasteiger partial charge in [0.15, 0.2) is 0 Å². The van der Waals surface area contributed by atoms with Crippen molar-refractivity contribution < 1.29 is 23.5 Å². The van der Waals surface area contributed by atoms with Crippen molar-refractivity contribution in [1.29, 1.82) is 0 Å². The first-order chi connectivity index (χ1) is 12.5. The van der Waals surface area contributed by atoms with E-state index < -0.39 is 30.0 Å². The van der Waals surface area contributed by atoms with Gasteiger partial charge in [-0.15, -0.1) is 0 Å². The van der Waals surface area contributed by atoms with Crippen LogP contribution < -0.4 is 5.32 Å². The second-order valence-corrected chi connectivity index (χ2v) is 6.20. The molecule has 2 aromatic rings. The summed E-state index contributed by atoms with van der Waals surface area (Å²) in [7, 11) is 0. The van der Waals surface area contributed by atoms with Crippen LogP contribution >= 0.6 is 0 Å². The van der Waals surface area contributed by atoms with Crippen LogP contribution in [0.25, 0.3) is 0 Å². The van der Waals surface area contributed by atoms with Crippen LogP contribution in [-0.2, 0) is 14.3 Å². The van der Waals surface area contributed by atoms with Gasteiger partial charge in [-0.25, -0.2) is 9.18 Å². The second kappa shape index (κ2) is 6.25. The lowest BCUT2D eigenvalue weighted by molar-refractivity contribution is -0.144. The summed E-state index contributed by atoms with van der Waals surface area (Å²) in [6, 6.07) is 11.5. The Kier molecular flexibility index (Phi) is 3.91. The highest BCUT2D eigenvalue weighted by atomic mass is 19.1. The minimum atomic E-state index is -0.919. The van der Waals surface area contributed by atoms with Crippen molar-refractivity contribution in [2.75, 3.05) is 5.32 Å². The van der Waals surface area contributed by atoms with Gasteiger partial charge in [0.05, 0.1) is 5.56 Å². The Morgan fingerprint density at radius 1 is 1.15 bits per heavy atom. The summed E-state index contributed by atoms with van der Waals surface area (Å²) in [6.07, 6.45) is -0.440. The van der Waals surface area contributed by atoms with Gasteiger partial charge in [0.2, 0.25) is 18.0 Å². The van der Waals surface area contributed by atoms with Gasteiger partial charge in [-0.2, -0.15) is 0 Å². The highest BCUT2D eigenvalue weighted by molar-refractivity contribution is 6.00. The van der Waals surface area contributed by atoms with Crippen molar-refractivity contribution in [2.24, 2.45) is 0 Å². The number of fused-ring (bicyclic) bond motifs is 1. The van der Waals surface area contributed by atoms with Gasteiger partial charge in [-0.1, -0.05) is 24.3 Å². The third-order valence-corrected chi connectivity index (χ3v) is 4.57. The van der Waals surface area contributed by atoms with E-state index in [1.165, 1.54) is 23.1 Å². The standard InChI is InChI=1S/C19H15FN2O4/c20-11-4-3-5-12(10-11)21-17(24)15-8-9-16(23)22(15)18-13-6-1-2-7-14(13)19(25)26-18/h1-7,10,15,18H,8-9H2,(H,21,24)/t15-,18-/m0/s1. The zero-order valence-corrected chi connectivity index (χ0v) is 13.6. The molecule has 0 unspecified atom stereocenters. The SMILES string of the molecule is O=C1O[C@H](N2C(=O)CC[C@H]2C(=O)Nc2cccc(F)c2)c2ccccc21. The predicted octanol–water partition coefficient (Wildman–Crippen LogP) is 2.62. The number of rotatable bonds is 3. The quantitative estimate of drug-likeness (QED) is 0.860. The molecule has 2 heterocycles. The van der Waals surface area contributed by atoms with Crippen LogP contribution in [0, 0.1) is 5.82 Å².